The van der Waals surface area contributed by atoms with E-state index in [0.717, 1.165) is 5.56 Å². The number of nitrogens with zero attached hydrogens (tertiary/aromatic N) is 2. The van der Waals surface area contributed by atoms with Crippen molar-refractivity contribution in [3.8, 4) is 0 Å². The fourth-order valence-electron chi connectivity index (χ4n) is 1.02. The molecule has 0 saturated heterocycles. The molecule has 1 N–H and O–H groups in total. The van der Waals surface area contributed by atoms with E-state index >= 15 is 0 Å². The Balaban J connectivity index is 2.69. The summed E-state index contributed by atoms with van der Waals surface area (Å²) in [5.41, 5.74) is -0.419. The molecule has 1 heterocycles. The minimum atomic E-state index is -1.27. The van der Waals surface area contributed by atoms with Crippen LogP contribution in [0.3, 0.4) is 0 Å². The number of carbonyl (C=O) groups excluding carboxylic acids is 1. The zero-order chi connectivity index (χ0) is 9.19. The zero-order valence-electron chi connectivity index (χ0n) is 7.19. The molecule has 1 aromatic heterocycles. The highest BCUT2D eigenvalue weighted by Crippen LogP contribution is 2.09. The summed E-state index contributed by atoms with van der Waals surface area (Å²) in [5.74, 6) is 0. The maximum Gasteiger partial charge on any atom is 0.151 e. The predicted octanol–water partition coefficient (Wildman–Crippen LogP) is -0.0875. The van der Waals surface area contributed by atoms with Gasteiger partial charge in [0.15, 0.2) is 6.29 Å². The number of aromatic nitrogens is 2. The summed E-state index contributed by atoms with van der Waals surface area (Å²) in [5, 5.41) is 13.3. The number of hydrogen-bond donors (Lipinski definition) is 1. The summed E-state index contributed by atoms with van der Waals surface area (Å²) in [6.45, 7) is 1.48. The van der Waals surface area contributed by atoms with Crippen LogP contribution >= 0.6 is 0 Å². The third-order valence-corrected chi connectivity index (χ3v) is 1.57. The second kappa shape index (κ2) is 3.06. The first-order chi connectivity index (χ1) is 5.53. The second-order valence-electron chi connectivity index (χ2n) is 3.17. The molecule has 0 aliphatic heterocycles. The average molecular weight is 168 g/mol. The Morgan fingerprint density at radius 3 is 2.92 bits per heavy atom. The third kappa shape index (κ3) is 2.17. The van der Waals surface area contributed by atoms with Crippen molar-refractivity contribution in [1.82, 2.24) is 9.78 Å². The Morgan fingerprint density at radius 1 is 1.83 bits per heavy atom. The van der Waals surface area contributed by atoms with E-state index in [9.17, 15) is 9.90 Å². The average Bonchev–Trinajstić information content (AvgIpc) is 2.35. The van der Waals surface area contributed by atoms with Crippen LogP contribution < -0.4 is 0 Å². The fourth-order valence-corrected chi connectivity index (χ4v) is 1.02. The van der Waals surface area contributed by atoms with Crippen molar-refractivity contribution in [3.05, 3.63) is 18.0 Å². The standard InChI is InChI=1S/C8H12N2O2/c1-8(12,6-11)3-7-4-9-10(2)5-7/h4-6,12H,3H2,1-2H3. The molecule has 0 spiro atoms. The summed E-state index contributed by atoms with van der Waals surface area (Å²) in [7, 11) is 1.79. The fraction of sp³-hybridized carbons (Fsp3) is 0.500. The summed E-state index contributed by atoms with van der Waals surface area (Å²) in [6, 6.07) is 0. The summed E-state index contributed by atoms with van der Waals surface area (Å²) in [4.78, 5) is 10.4. The lowest BCUT2D eigenvalue weighted by molar-refractivity contribution is -0.122. The number of hydrogen-bond acceptors (Lipinski definition) is 3. The highest BCUT2D eigenvalue weighted by atomic mass is 16.3. The molecule has 4 nitrogen and oxygen atoms in total. The Hall–Kier alpha value is -1.16. The van der Waals surface area contributed by atoms with E-state index in [4.69, 9.17) is 0 Å². The van der Waals surface area contributed by atoms with Crippen LogP contribution in [0.5, 0.6) is 0 Å². The molecule has 0 aliphatic rings. The van der Waals surface area contributed by atoms with E-state index in [1.807, 2.05) is 0 Å². The van der Waals surface area contributed by atoms with Gasteiger partial charge in [-0.15, -0.1) is 0 Å². The van der Waals surface area contributed by atoms with Crippen LogP contribution in [0.4, 0.5) is 0 Å². The highest BCUT2D eigenvalue weighted by Gasteiger charge is 2.19. The van der Waals surface area contributed by atoms with Gasteiger partial charge in [-0.2, -0.15) is 5.10 Å². The first-order valence-electron chi connectivity index (χ1n) is 3.70. The summed E-state index contributed by atoms with van der Waals surface area (Å²) >= 11 is 0. The van der Waals surface area contributed by atoms with Crippen molar-refractivity contribution >= 4 is 6.29 Å². The maximum atomic E-state index is 10.4. The quantitative estimate of drug-likeness (QED) is 0.642. The predicted molar refractivity (Wildman–Crippen MR) is 43.6 cm³/mol. The Kier molecular flexibility index (Phi) is 2.28. The van der Waals surface area contributed by atoms with E-state index in [0.29, 0.717) is 12.7 Å². The van der Waals surface area contributed by atoms with Gasteiger partial charge in [0, 0.05) is 19.7 Å². The number of carbonyl (C=O) groups is 1. The minimum Gasteiger partial charge on any atom is -0.382 e. The zero-order valence-corrected chi connectivity index (χ0v) is 7.19. The molecule has 0 amide bonds. The molecule has 1 rings (SSSR count). The van der Waals surface area contributed by atoms with Gasteiger partial charge in [-0.1, -0.05) is 0 Å². The highest BCUT2D eigenvalue weighted by molar-refractivity contribution is 5.61. The Labute approximate surface area is 70.8 Å². The number of aldehydes is 1. The van der Waals surface area contributed by atoms with Gasteiger partial charge in [-0.3, -0.25) is 4.68 Å². The second-order valence-corrected chi connectivity index (χ2v) is 3.17. The lowest BCUT2D eigenvalue weighted by atomic mass is 10.0. The van der Waals surface area contributed by atoms with Gasteiger partial charge in [0.05, 0.1) is 6.20 Å². The summed E-state index contributed by atoms with van der Waals surface area (Å²) < 4.78 is 1.64. The molecule has 0 aliphatic carbocycles. The molecule has 0 aromatic carbocycles. The Morgan fingerprint density at radius 2 is 2.50 bits per heavy atom. The van der Waals surface area contributed by atoms with Gasteiger partial charge in [0.1, 0.15) is 5.60 Å². The van der Waals surface area contributed by atoms with Crippen LogP contribution in [-0.2, 0) is 18.3 Å². The minimum absolute atomic E-state index is 0.310. The summed E-state index contributed by atoms with van der Waals surface area (Å²) in [6.07, 6.45) is 4.26. The van der Waals surface area contributed by atoms with E-state index in [-0.39, 0.29) is 0 Å². The number of aryl methyl sites for hydroxylation is 1. The SMILES string of the molecule is Cn1cc(CC(C)(O)C=O)cn1. The molecule has 66 valence electrons. The Bertz CT molecular complexity index is 278. The molecular formula is C8H12N2O2. The first-order valence-corrected chi connectivity index (χ1v) is 3.70. The van der Waals surface area contributed by atoms with Gasteiger partial charge >= 0.3 is 0 Å². The van der Waals surface area contributed by atoms with Crippen molar-refractivity contribution in [3.63, 3.8) is 0 Å². The molecule has 12 heavy (non-hydrogen) atoms. The van der Waals surface area contributed by atoms with Gasteiger partial charge in [-0.25, -0.2) is 0 Å². The molecule has 1 atom stereocenters. The van der Waals surface area contributed by atoms with E-state index < -0.39 is 5.60 Å². The lowest BCUT2D eigenvalue weighted by Crippen LogP contribution is -2.28. The maximum absolute atomic E-state index is 10.4. The molecule has 1 unspecified atom stereocenters. The molecule has 4 heteroatoms. The van der Waals surface area contributed by atoms with Crippen molar-refractivity contribution in [1.29, 1.82) is 0 Å². The van der Waals surface area contributed by atoms with Crippen LogP contribution in [0.2, 0.25) is 0 Å². The van der Waals surface area contributed by atoms with Gasteiger partial charge in [-0.05, 0) is 12.5 Å². The third-order valence-electron chi connectivity index (χ3n) is 1.57. The van der Waals surface area contributed by atoms with Gasteiger partial charge in [0.2, 0.25) is 0 Å². The topological polar surface area (TPSA) is 55.1 Å². The molecule has 1 aromatic rings. The van der Waals surface area contributed by atoms with Crippen molar-refractivity contribution in [2.24, 2.45) is 7.05 Å². The largest absolute Gasteiger partial charge is 0.382 e. The van der Waals surface area contributed by atoms with Crippen LogP contribution in [0.25, 0.3) is 0 Å². The molecule has 0 bridgehead atoms. The van der Waals surface area contributed by atoms with Crippen LogP contribution in [0, 0.1) is 0 Å². The lowest BCUT2D eigenvalue weighted by Gasteiger charge is -2.13. The van der Waals surface area contributed by atoms with E-state index in [1.54, 1.807) is 24.1 Å². The van der Waals surface area contributed by atoms with Crippen LogP contribution in [0.1, 0.15) is 12.5 Å². The van der Waals surface area contributed by atoms with E-state index in [2.05, 4.69) is 5.10 Å². The van der Waals surface area contributed by atoms with Crippen molar-refractivity contribution in [2.45, 2.75) is 18.9 Å². The first kappa shape index (κ1) is 8.93. The number of aliphatic hydroxyl groups is 1. The normalized spacial score (nSPS) is 15.6. The van der Waals surface area contributed by atoms with Crippen LogP contribution in [0.15, 0.2) is 12.4 Å². The van der Waals surface area contributed by atoms with E-state index in [1.165, 1.54) is 6.92 Å². The molecule has 0 saturated carbocycles. The molecule has 0 fully saturated rings. The van der Waals surface area contributed by atoms with Crippen LogP contribution in [-0.4, -0.2) is 26.8 Å². The smallest absolute Gasteiger partial charge is 0.151 e. The molecule has 0 radical (unpaired) electrons. The van der Waals surface area contributed by atoms with Crippen molar-refractivity contribution in [2.75, 3.05) is 0 Å². The van der Waals surface area contributed by atoms with Gasteiger partial charge in [0.25, 0.3) is 0 Å². The molecular weight excluding hydrogens is 156 g/mol. The monoisotopic (exact) mass is 168 g/mol. The van der Waals surface area contributed by atoms with Gasteiger partial charge < -0.3 is 9.90 Å². The number of rotatable bonds is 3. The van der Waals surface area contributed by atoms with Crippen molar-refractivity contribution < 1.29 is 9.90 Å².